The lowest BCUT2D eigenvalue weighted by atomic mass is 9.92. The fourth-order valence-corrected chi connectivity index (χ4v) is 2.91. The van der Waals surface area contributed by atoms with Gasteiger partial charge in [-0.15, -0.1) is 0 Å². The molecule has 0 saturated carbocycles. The van der Waals surface area contributed by atoms with Gasteiger partial charge in [-0.1, -0.05) is 0 Å². The van der Waals surface area contributed by atoms with Crippen molar-refractivity contribution in [2.75, 3.05) is 31.6 Å². The molecule has 0 aromatic heterocycles. The van der Waals surface area contributed by atoms with Gasteiger partial charge in [0.1, 0.15) is 5.60 Å². The quantitative estimate of drug-likeness (QED) is 0.842. The van der Waals surface area contributed by atoms with Crippen molar-refractivity contribution in [3.63, 3.8) is 0 Å². The molecule has 1 aliphatic rings. The van der Waals surface area contributed by atoms with Crippen molar-refractivity contribution in [2.24, 2.45) is 5.92 Å². The Balaban J connectivity index is 2.44. The van der Waals surface area contributed by atoms with Crippen LogP contribution in [0.3, 0.4) is 0 Å². The van der Waals surface area contributed by atoms with Crippen molar-refractivity contribution in [1.82, 2.24) is 10.2 Å². The van der Waals surface area contributed by atoms with Crippen LogP contribution in [0.4, 0.5) is 4.79 Å². The van der Waals surface area contributed by atoms with E-state index in [1.54, 1.807) is 6.26 Å². The van der Waals surface area contributed by atoms with Gasteiger partial charge >= 0.3 is 6.09 Å². The Hall–Kier alpha value is -0.620. The van der Waals surface area contributed by atoms with Crippen molar-refractivity contribution >= 4 is 16.9 Å². The van der Waals surface area contributed by atoms with E-state index in [4.69, 9.17) is 4.74 Å². The molecule has 0 bridgehead atoms. The van der Waals surface area contributed by atoms with Gasteiger partial charge in [0.2, 0.25) is 0 Å². The molecule has 0 aromatic rings. The number of nitrogens with zero attached hydrogens (tertiary/aromatic N) is 1. The Bertz CT molecular complexity index is 368. The fraction of sp³-hybridized carbons (Fsp3) is 0.933. The van der Waals surface area contributed by atoms with Gasteiger partial charge in [-0.3, -0.25) is 4.21 Å². The van der Waals surface area contributed by atoms with Gasteiger partial charge in [-0.2, -0.15) is 0 Å². The summed E-state index contributed by atoms with van der Waals surface area (Å²) in [4.78, 5) is 13.9. The number of carbonyl (C=O) groups is 1. The zero-order chi connectivity index (χ0) is 16.0. The Morgan fingerprint density at radius 2 is 2.14 bits per heavy atom. The van der Waals surface area contributed by atoms with Crippen LogP contribution in [-0.4, -0.2) is 58.5 Å². The summed E-state index contributed by atoms with van der Waals surface area (Å²) in [6.07, 6.45) is 3.63. The standard InChI is InChI=1S/C15H30N2O3S/c1-12(16-8-10-21(5)19)13-7-6-9-17(11-13)14(18)20-15(2,3)4/h12-13,16H,6-11H2,1-5H3. The van der Waals surface area contributed by atoms with E-state index in [0.29, 0.717) is 17.7 Å². The summed E-state index contributed by atoms with van der Waals surface area (Å²) in [6.45, 7) is 10.1. The van der Waals surface area contributed by atoms with E-state index in [-0.39, 0.29) is 6.09 Å². The van der Waals surface area contributed by atoms with Crippen LogP contribution in [0.25, 0.3) is 0 Å². The van der Waals surface area contributed by atoms with Gasteiger partial charge in [0.25, 0.3) is 0 Å². The molecule has 0 spiro atoms. The van der Waals surface area contributed by atoms with E-state index in [1.165, 1.54) is 0 Å². The number of rotatable bonds is 5. The van der Waals surface area contributed by atoms with Crippen LogP contribution in [0.2, 0.25) is 0 Å². The summed E-state index contributed by atoms with van der Waals surface area (Å²) in [5, 5.41) is 3.42. The summed E-state index contributed by atoms with van der Waals surface area (Å²) in [6, 6.07) is 0.318. The van der Waals surface area contributed by atoms with Gasteiger partial charge in [-0.25, -0.2) is 4.79 Å². The second-order valence-electron chi connectivity index (χ2n) is 6.85. The maximum Gasteiger partial charge on any atom is 0.410 e. The van der Waals surface area contributed by atoms with Crippen LogP contribution in [0, 0.1) is 5.92 Å². The van der Waals surface area contributed by atoms with E-state index in [1.807, 2.05) is 25.7 Å². The van der Waals surface area contributed by atoms with E-state index < -0.39 is 16.4 Å². The molecule has 1 saturated heterocycles. The number of ether oxygens (including phenoxy) is 1. The SMILES string of the molecule is CC(NCCS(C)=O)C1CCCN(C(=O)OC(C)(C)C)C1. The molecule has 1 amide bonds. The molecule has 0 aromatic carbocycles. The summed E-state index contributed by atoms with van der Waals surface area (Å²) in [7, 11) is -0.760. The van der Waals surface area contributed by atoms with Gasteiger partial charge in [0.15, 0.2) is 0 Å². The highest BCUT2D eigenvalue weighted by Crippen LogP contribution is 2.21. The lowest BCUT2D eigenvalue weighted by molar-refractivity contribution is 0.0149. The highest BCUT2D eigenvalue weighted by atomic mass is 32.2. The molecule has 3 unspecified atom stereocenters. The minimum absolute atomic E-state index is 0.214. The molecule has 1 rings (SSSR count). The van der Waals surface area contributed by atoms with Gasteiger partial charge in [0.05, 0.1) is 0 Å². The van der Waals surface area contributed by atoms with E-state index in [9.17, 15) is 9.00 Å². The molecule has 0 radical (unpaired) electrons. The Morgan fingerprint density at radius 3 is 2.71 bits per heavy atom. The summed E-state index contributed by atoms with van der Waals surface area (Å²) >= 11 is 0. The Labute approximate surface area is 131 Å². The van der Waals surface area contributed by atoms with Crippen molar-refractivity contribution in [2.45, 2.75) is 52.2 Å². The molecule has 6 heteroatoms. The molecule has 1 N–H and O–H groups in total. The molecule has 1 heterocycles. The van der Waals surface area contributed by atoms with Gasteiger partial charge in [0, 0.05) is 48.5 Å². The third-order valence-electron chi connectivity index (χ3n) is 3.67. The highest BCUT2D eigenvalue weighted by molar-refractivity contribution is 7.84. The molecule has 1 fully saturated rings. The van der Waals surface area contributed by atoms with Crippen molar-refractivity contribution in [3.05, 3.63) is 0 Å². The number of piperidine rings is 1. The second-order valence-corrected chi connectivity index (χ2v) is 8.40. The van der Waals surface area contributed by atoms with E-state index in [2.05, 4.69) is 12.2 Å². The largest absolute Gasteiger partial charge is 0.444 e. The minimum Gasteiger partial charge on any atom is -0.444 e. The van der Waals surface area contributed by atoms with Crippen LogP contribution in [0.5, 0.6) is 0 Å². The smallest absolute Gasteiger partial charge is 0.410 e. The van der Waals surface area contributed by atoms with E-state index in [0.717, 1.165) is 32.5 Å². The van der Waals surface area contributed by atoms with Crippen LogP contribution < -0.4 is 5.32 Å². The minimum atomic E-state index is -0.760. The number of hydrogen-bond acceptors (Lipinski definition) is 4. The summed E-state index contributed by atoms with van der Waals surface area (Å²) in [5.41, 5.74) is -0.445. The zero-order valence-corrected chi connectivity index (χ0v) is 14.8. The molecule has 1 aliphatic heterocycles. The molecule has 3 atom stereocenters. The van der Waals surface area contributed by atoms with Gasteiger partial charge < -0.3 is 15.0 Å². The number of amides is 1. The molecular weight excluding hydrogens is 288 g/mol. The molecule has 21 heavy (non-hydrogen) atoms. The highest BCUT2D eigenvalue weighted by Gasteiger charge is 2.29. The molecule has 0 aliphatic carbocycles. The Morgan fingerprint density at radius 1 is 1.48 bits per heavy atom. The monoisotopic (exact) mass is 318 g/mol. The van der Waals surface area contributed by atoms with Crippen LogP contribution in [0.15, 0.2) is 0 Å². The first-order valence-electron chi connectivity index (χ1n) is 7.70. The maximum atomic E-state index is 12.1. The maximum absolute atomic E-state index is 12.1. The molecular formula is C15H30N2O3S. The lowest BCUT2D eigenvalue weighted by Gasteiger charge is -2.36. The first kappa shape index (κ1) is 18.4. The number of carbonyl (C=O) groups excluding carboxylic acids is 1. The third-order valence-corrected chi connectivity index (χ3v) is 4.45. The average molecular weight is 318 g/mol. The summed E-state index contributed by atoms with van der Waals surface area (Å²) < 4.78 is 16.5. The zero-order valence-electron chi connectivity index (χ0n) is 14.0. The second kappa shape index (κ2) is 8.13. The fourth-order valence-electron chi connectivity index (χ4n) is 2.51. The summed E-state index contributed by atoms with van der Waals surface area (Å²) in [5.74, 6) is 1.10. The van der Waals surface area contributed by atoms with Crippen LogP contribution in [0.1, 0.15) is 40.5 Å². The average Bonchev–Trinajstić information content (AvgIpc) is 2.36. The van der Waals surface area contributed by atoms with Crippen molar-refractivity contribution in [1.29, 1.82) is 0 Å². The topological polar surface area (TPSA) is 58.6 Å². The number of nitrogens with one attached hydrogen (secondary N) is 1. The first-order valence-corrected chi connectivity index (χ1v) is 9.43. The predicted molar refractivity (Wildman–Crippen MR) is 86.9 cm³/mol. The Kier molecular flexibility index (Phi) is 7.13. The molecule has 5 nitrogen and oxygen atoms in total. The third kappa shape index (κ3) is 7.27. The first-order chi connectivity index (χ1) is 9.69. The van der Waals surface area contributed by atoms with Crippen LogP contribution >= 0.6 is 0 Å². The van der Waals surface area contributed by atoms with Crippen LogP contribution in [-0.2, 0) is 15.5 Å². The lowest BCUT2D eigenvalue weighted by Crippen LogP contribution is -2.48. The van der Waals surface area contributed by atoms with E-state index >= 15 is 0 Å². The number of likely N-dealkylation sites (tertiary alicyclic amines) is 1. The number of hydrogen-bond donors (Lipinski definition) is 1. The van der Waals surface area contributed by atoms with Crippen molar-refractivity contribution in [3.8, 4) is 0 Å². The van der Waals surface area contributed by atoms with Crippen molar-refractivity contribution < 1.29 is 13.7 Å². The predicted octanol–water partition coefficient (Wildman–Crippen LogP) is 1.99. The normalized spacial score (nSPS) is 22.7. The molecule has 124 valence electrons. The van der Waals surface area contributed by atoms with Gasteiger partial charge in [-0.05, 0) is 46.5 Å².